The molecule has 1 unspecified atom stereocenters. The molecular weight excluding hydrogens is 252 g/mol. The van der Waals surface area contributed by atoms with Crippen molar-refractivity contribution in [2.45, 2.75) is 57.8 Å². The second-order valence-electron chi connectivity index (χ2n) is 5.22. The highest BCUT2D eigenvalue weighted by molar-refractivity contribution is 5.76. The predicted molar refractivity (Wildman–Crippen MR) is 81.4 cm³/mol. The monoisotopic (exact) mass is 278 g/mol. The molecule has 1 aromatic carbocycles. The number of benzene rings is 1. The lowest BCUT2D eigenvalue weighted by Crippen LogP contribution is -2.11. The minimum Gasteiger partial charge on any atom is -0.497 e. The summed E-state index contributed by atoms with van der Waals surface area (Å²) in [6.45, 7) is 2.20. The maximum atomic E-state index is 11.4. The fourth-order valence-corrected chi connectivity index (χ4v) is 2.40. The van der Waals surface area contributed by atoms with Gasteiger partial charge in [0.05, 0.1) is 13.0 Å². The Hall–Kier alpha value is -1.51. The summed E-state index contributed by atoms with van der Waals surface area (Å²) in [5, 5.41) is 9.36. The van der Waals surface area contributed by atoms with Gasteiger partial charge in [-0.15, -0.1) is 0 Å². The van der Waals surface area contributed by atoms with Crippen LogP contribution in [0.5, 0.6) is 5.75 Å². The van der Waals surface area contributed by atoms with E-state index in [1.165, 1.54) is 25.7 Å². The van der Waals surface area contributed by atoms with Gasteiger partial charge in [-0.1, -0.05) is 57.6 Å². The number of carboxylic acid groups (broad SMARTS) is 1. The first-order valence-corrected chi connectivity index (χ1v) is 7.55. The first-order chi connectivity index (χ1) is 9.69. The summed E-state index contributed by atoms with van der Waals surface area (Å²) in [7, 11) is 1.61. The number of aliphatic carboxylic acids is 1. The van der Waals surface area contributed by atoms with Crippen molar-refractivity contribution in [3.05, 3.63) is 29.8 Å². The quantitative estimate of drug-likeness (QED) is 0.635. The van der Waals surface area contributed by atoms with Crippen LogP contribution in [0, 0.1) is 0 Å². The van der Waals surface area contributed by atoms with Gasteiger partial charge in [-0.05, 0) is 24.1 Å². The molecule has 0 aliphatic rings. The molecule has 0 spiro atoms. The molecule has 0 saturated heterocycles. The highest BCUT2D eigenvalue weighted by Crippen LogP contribution is 2.25. The molecule has 1 rings (SSSR count). The summed E-state index contributed by atoms with van der Waals surface area (Å²) in [4.78, 5) is 11.4. The van der Waals surface area contributed by atoms with E-state index in [2.05, 4.69) is 6.92 Å². The SMILES string of the molecule is CCCCCCCCC(C(=O)O)c1ccc(OC)cc1. The van der Waals surface area contributed by atoms with Gasteiger partial charge in [0.15, 0.2) is 0 Å². The molecule has 20 heavy (non-hydrogen) atoms. The van der Waals surface area contributed by atoms with Crippen LogP contribution in [0.1, 0.15) is 63.4 Å². The molecule has 1 atom stereocenters. The lowest BCUT2D eigenvalue weighted by molar-refractivity contribution is -0.139. The third kappa shape index (κ3) is 5.64. The van der Waals surface area contributed by atoms with Gasteiger partial charge in [0.2, 0.25) is 0 Å². The smallest absolute Gasteiger partial charge is 0.310 e. The van der Waals surface area contributed by atoms with E-state index in [4.69, 9.17) is 4.74 Å². The molecule has 0 bridgehead atoms. The van der Waals surface area contributed by atoms with E-state index < -0.39 is 11.9 Å². The second-order valence-corrected chi connectivity index (χ2v) is 5.22. The zero-order valence-electron chi connectivity index (χ0n) is 12.6. The molecule has 1 N–H and O–H groups in total. The van der Waals surface area contributed by atoms with Crippen LogP contribution < -0.4 is 4.74 Å². The van der Waals surface area contributed by atoms with Crippen LogP contribution in [-0.2, 0) is 4.79 Å². The molecule has 0 aromatic heterocycles. The van der Waals surface area contributed by atoms with Crippen molar-refractivity contribution < 1.29 is 14.6 Å². The van der Waals surface area contributed by atoms with Crippen LogP contribution in [0.3, 0.4) is 0 Å². The van der Waals surface area contributed by atoms with Gasteiger partial charge in [0.25, 0.3) is 0 Å². The predicted octanol–water partition coefficient (Wildman–Crippen LogP) is 4.61. The van der Waals surface area contributed by atoms with Gasteiger partial charge >= 0.3 is 5.97 Å². The zero-order valence-corrected chi connectivity index (χ0v) is 12.6. The average molecular weight is 278 g/mol. The van der Waals surface area contributed by atoms with Crippen molar-refractivity contribution >= 4 is 5.97 Å². The molecule has 0 fully saturated rings. The van der Waals surface area contributed by atoms with E-state index in [1.54, 1.807) is 7.11 Å². The lowest BCUT2D eigenvalue weighted by atomic mass is 9.93. The highest BCUT2D eigenvalue weighted by atomic mass is 16.5. The number of carbonyl (C=O) groups is 1. The van der Waals surface area contributed by atoms with Crippen molar-refractivity contribution in [1.82, 2.24) is 0 Å². The largest absolute Gasteiger partial charge is 0.497 e. The Morgan fingerprint density at radius 1 is 1.10 bits per heavy atom. The number of ether oxygens (including phenoxy) is 1. The summed E-state index contributed by atoms with van der Waals surface area (Å²) in [5.74, 6) is -0.367. The van der Waals surface area contributed by atoms with Crippen LogP contribution in [-0.4, -0.2) is 18.2 Å². The van der Waals surface area contributed by atoms with Crippen LogP contribution in [0.4, 0.5) is 0 Å². The number of hydrogen-bond donors (Lipinski definition) is 1. The summed E-state index contributed by atoms with van der Waals surface area (Å²) >= 11 is 0. The summed E-state index contributed by atoms with van der Waals surface area (Å²) < 4.78 is 5.10. The summed E-state index contributed by atoms with van der Waals surface area (Å²) in [6, 6.07) is 7.36. The minimum absolute atomic E-state index is 0.396. The standard InChI is InChI=1S/C17H26O3/c1-3-4-5-6-7-8-9-16(17(18)19)14-10-12-15(20-2)13-11-14/h10-13,16H,3-9H2,1-2H3,(H,18,19). The average Bonchev–Trinajstić information content (AvgIpc) is 2.46. The molecule has 0 radical (unpaired) electrons. The molecule has 0 saturated carbocycles. The van der Waals surface area contributed by atoms with Crippen molar-refractivity contribution in [2.24, 2.45) is 0 Å². The zero-order chi connectivity index (χ0) is 14.8. The normalized spacial score (nSPS) is 12.1. The van der Waals surface area contributed by atoms with Crippen LogP contribution in [0.15, 0.2) is 24.3 Å². The highest BCUT2D eigenvalue weighted by Gasteiger charge is 2.19. The first-order valence-electron chi connectivity index (χ1n) is 7.55. The van der Waals surface area contributed by atoms with Gasteiger partial charge in [-0.25, -0.2) is 0 Å². The Balaban J connectivity index is 2.45. The van der Waals surface area contributed by atoms with Crippen molar-refractivity contribution in [2.75, 3.05) is 7.11 Å². The number of methoxy groups -OCH3 is 1. The lowest BCUT2D eigenvalue weighted by Gasteiger charge is -2.13. The molecule has 3 heteroatoms. The minimum atomic E-state index is -0.733. The van der Waals surface area contributed by atoms with Crippen molar-refractivity contribution in [1.29, 1.82) is 0 Å². The molecule has 112 valence electrons. The Kier molecular flexibility index (Phi) is 7.78. The number of unbranched alkanes of at least 4 members (excludes halogenated alkanes) is 5. The van der Waals surface area contributed by atoms with Crippen molar-refractivity contribution in [3.63, 3.8) is 0 Å². The van der Waals surface area contributed by atoms with Crippen molar-refractivity contribution in [3.8, 4) is 5.75 Å². The van der Waals surface area contributed by atoms with Crippen LogP contribution >= 0.6 is 0 Å². The molecule has 0 heterocycles. The van der Waals surface area contributed by atoms with Gasteiger partial charge < -0.3 is 9.84 Å². The van der Waals surface area contributed by atoms with E-state index in [9.17, 15) is 9.90 Å². The molecule has 1 aromatic rings. The van der Waals surface area contributed by atoms with Gasteiger partial charge in [0, 0.05) is 0 Å². The molecule has 0 amide bonds. The Morgan fingerprint density at radius 3 is 2.25 bits per heavy atom. The Labute approximate surface area is 122 Å². The number of hydrogen-bond acceptors (Lipinski definition) is 2. The molecule has 3 nitrogen and oxygen atoms in total. The maximum Gasteiger partial charge on any atom is 0.310 e. The molecular formula is C17H26O3. The fourth-order valence-electron chi connectivity index (χ4n) is 2.40. The first kappa shape index (κ1) is 16.5. The van der Waals surface area contributed by atoms with Gasteiger partial charge in [-0.2, -0.15) is 0 Å². The van der Waals surface area contributed by atoms with E-state index >= 15 is 0 Å². The summed E-state index contributed by atoms with van der Waals surface area (Å²) in [6.07, 6.45) is 7.81. The second kappa shape index (κ2) is 9.40. The fraction of sp³-hybridized carbons (Fsp3) is 0.588. The third-order valence-electron chi connectivity index (χ3n) is 3.66. The van der Waals surface area contributed by atoms with E-state index in [0.29, 0.717) is 6.42 Å². The van der Waals surface area contributed by atoms with E-state index in [1.807, 2.05) is 24.3 Å². The Bertz CT molecular complexity index is 384. The Morgan fingerprint density at radius 2 is 1.70 bits per heavy atom. The van der Waals surface area contributed by atoms with Gasteiger partial charge in [-0.3, -0.25) is 4.79 Å². The number of rotatable bonds is 10. The van der Waals surface area contributed by atoms with Crippen LogP contribution in [0.25, 0.3) is 0 Å². The maximum absolute atomic E-state index is 11.4. The van der Waals surface area contributed by atoms with E-state index in [-0.39, 0.29) is 0 Å². The van der Waals surface area contributed by atoms with Gasteiger partial charge in [0.1, 0.15) is 5.75 Å². The topological polar surface area (TPSA) is 46.5 Å². The van der Waals surface area contributed by atoms with Crippen LogP contribution in [0.2, 0.25) is 0 Å². The molecule has 0 aliphatic carbocycles. The third-order valence-corrected chi connectivity index (χ3v) is 3.66. The molecule has 0 aliphatic heterocycles. The number of carboxylic acids is 1. The van der Waals surface area contributed by atoms with E-state index in [0.717, 1.165) is 24.2 Å². The summed E-state index contributed by atoms with van der Waals surface area (Å²) in [5.41, 5.74) is 0.867.